The molecule has 142 valence electrons. The van der Waals surface area contributed by atoms with Gasteiger partial charge in [-0.05, 0) is 60.4 Å². The summed E-state index contributed by atoms with van der Waals surface area (Å²) in [6, 6.07) is 8.77. The van der Waals surface area contributed by atoms with E-state index in [1.54, 1.807) is 13.0 Å². The second kappa shape index (κ2) is 7.92. The molecular weight excluding hydrogens is 344 g/mol. The van der Waals surface area contributed by atoms with Crippen molar-refractivity contribution in [2.45, 2.75) is 45.6 Å². The summed E-state index contributed by atoms with van der Waals surface area (Å²) in [4.78, 5) is 23.8. The van der Waals surface area contributed by atoms with E-state index in [1.807, 2.05) is 25.1 Å². The predicted octanol–water partition coefficient (Wildman–Crippen LogP) is 4.86. The summed E-state index contributed by atoms with van der Waals surface area (Å²) in [5.41, 5.74) is 3.55. The van der Waals surface area contributed by atoms with Gasteiger partial charge >= 0.3 is 11.9 Å². The molecule has 5 nitrogen and oxygen atoms in total. The van der Waals surface area contributed by atoms with Gasteiger partial charge in [0.2, 0.25) is 0 Å². The number of rotatable bonds is 8. The van der Waals surface area contributed by atoms with E-state index in [2.05, 4.69) is 0 Å². The molecule has 0 amide bonds. The number of benzene rings is 2. The molecule has 2 aromatic carbocycles. The first-order valence-corrected chi connectivity index (χ1v) is 9.25. The lowest BCUT2D eigenvalue weighted by Gasteiger charge is -2.19. The summed E-state index contributed by atoms with van der Waals surface area (Å²) in [7, 11) is 0. The summed E-state index contributed by atoms with van der Waals surface area (Å²) < 4.78 is 5.79. The van der Waals surface area contributed by atoms with Crippen LogP contribution in [0.25, 0.3) is 11.1 Å². The standard InChI is InChI=1S/C22H24O5/c1-3-11-27-12-18-15(14-8-9-14)5-4-6-16(18)20-17(21(23)24)10-7-13(2)19(20)22(25)26/h4-7,10,14H,3,8-9,11-12H2,1-2H3,(H,23,24)(H,25,26). The van der Waals surface area contributed by atoms with Crippen molar-refractivity contribution in [1.82, 2.24) is 0 Å². The van der Waals surface area contributed by atoms with E-state index in [9.17, 15) is 19.8 Å². The van der Waals surface area contributed by atoms with Gasteiger partial charge in [0.05, 0.1) is 17.7 Å². The van der Waals surface area contributed by atoms with Crippen LogP contribution in [0.2, 0.25) is 0 Å². The van der Waals surface area contributed by atoms with E-state index < -0.39 is 11.9 Å². The van der Waals surface area contributed by atoms with Crippen LogP contribution in [0.4, 0.5) is 0 Å². The minimum atomic E-state index is -1.13. The smallest absolute Gasteiger partial charge is 0.336 e. The van der Waals surface area contributed by atoms with Gasteiger partial charge in [0.1, 0.15) is 0 Å². The van der Waals surface area contributed by atoms with Crippen molar-refractivity contribution in [2.24, 2.45) is 0 Å². The molecule has 0 saturated heterocycles. The van der Waals surface area contributed by atoms with Gasteiger partial charge in [0, 0.05) is 12.2 Å². The molecule has 1 fully saturated rings. The van der Waals surface area contributed by atoms with Crippen LogP contribution in [0.15, 0.2) is 30.3 Å². The number of carbonyl (C=O) groups is 2. The van der Waals surface area contributed by atoms with E-state index in [4.69, 9.17) is 4.74 Å². The molecule has 0 unspecified atom stereocenters. The molecule has 2 N–H and O–H groups in total. The van der Waals surface area contributed by atoms with Crippen LogP contribution in [-0.2, 0) is 11.3 Å². The number of aromatic carboxylic acids is 2. The number of aryl methyl sites for hydroxylation is 1. The Morgan fingerprint density at radius 2 is 1.85 bits per heavy atom. The fraction of sp³-hybridized carbons (Fsp3) is 0.364. The first-order chi connectivity index (χ1) is 13.0. The van der Waals surface area contributed by atoms with Crippen molar-refractivity contribution in [3.8, 4) is 11.1 Å². The average molecular weight is 368 g/mol. The SMILES string of the molecule is CCCOCc1c(-c2c(C(=O)O)ccc(C)c2C(=O)O)cccc1C1CC1. The van der Waals surface area contributed by atoms with Crippen LogP contribution >= 0.6 is 0 Å². The predicted molar refractivity (Wildman–Crippen MR) is 102 cm³/mol. The Labute approximate surface area is 158 Å². The van der Waals surface area contributed by atoms with Crippen LogP contribution in [-0.4, -0.2) is 28.8 Å². The monoisotopic (exact) mass is 368 g/mol. The highest BCUT2D eigenvalue weighted by atomic mass is 16.5. The number of hydrogen-bond donors (Lipinski definition) is 2. The molecule has 0 atom stereocenters. The Balaban J connectivity index is 2.27. The molecule has 0 radical (unpaired) electrons. The summed E-state index contributed by atoms with van der Waals surface area (Å²) >= 11 is 0. The van der Waals surface area contributed by atoms with Crippen molar-refractivity contribution >= 4 is 11.9 Å². The first-order valence-electron chi connectivity index (χ1n) is 9.25. The largest absolute Gasteiger partial charge is 0.478 e. The summed E-state index contributed by atoms with van der Waals surface area (Å²) in [5, 5.41) is 19.5. The van der Waals surface area contributed by atoms with Gasteiger partial charge in [0.25, 0.3) is 0 Å². The Bertz CT molecular complexity index is 881. The number of carboxylic acids is 2. The normalized spacial score (nSPS) is 13.6. The lowest BCUT2D eigenvalue weighted by Crippen LogP contribution is -2.11. The van der Waals surface area contributed by atoms with E-state index in [0.29, 0.717) is 30.3 Å². The van der Waals surface area contributed by atoms with Crippen molar-refractivity contribution in [1.29, 1.82) is 0 Å². The highest BCUT2D eigenvalue weighted by Crippen LogP contribution is 2.45. The van der Waals surface area contributed by atoms with Gasteiger partial charge in [0.15, 0.2) is 0 Å². The number of carboxylic acid groups (broad SMARTS) is 2. The Kier molecular flexibility index (Phi) is 5.61. The average Bonchev–Trinajstić information content (AvgIpc) is 3.46. The number of ether oxygens (including phenoxy) is 1. The van der Waals surface area contributed by atoms with Gasteiger partial charge in [-0.3, -0.25) is 0 Å². The molecule has 0 aromatic heterocycles. The van der Waals surface area contributed by atoms with Crippen LogP contribution in [0.3, 0.4) is 0 Å². The Morgan fingerprint density at radius 1 is 1.11 bits per heavy atom. The molecule has 0 heterocycles. The third-order valence-electron chi connectivity index (χ3n) is 4.95. The topological polar surface area (TPSA) is 83.8 Å². The van der Waals surface area contributed by atoms with Crippen molar-refractivity contribution in [3.63, 3.8) is 0 Å². The lowest BCUT2D eigenvalue weighted by atomic mass is 9.86. The van der Waals surface area contributed by atoms with E-state index in [1.165, 1.54) is 6.07 Å². The molecule has 5 heteroatoms. The summed E-state index contributed by atoms with van der Waals surface area (Å²) in [6.07, 6.45) is 3.07. The molecule has 27 heavy (non-hydrogen) atoms. The third kappa shape index (κ3) is 3.88. The van der Waals surface area contributed by atoms with Crippen LogP contribution in [0.5, 0.6) is 0 Å². The zero-order chi connectivity index (χ0) is 19.6. The Hall–Kier alpha value is -2.66. The fourth-order valence-electron chi connectivity index (χ4n) is 3.54. The summed E-state index contributed by atoms with van der Waals surface area (Å²) in [5.74, 6) is -1.82. The van der Waals surface area contributed by atoms with Crippen LogP contribution in [0, 0.1) is 6.92 Å². The molecule has 0 spiro atoms. The maximum Gasteiger partial charge on any atom is 0.336 e. The highest BCUT2D eigenvalue weighted by molar-refractivity contribution is 6.06. The fourth-order valence-corrected chi connectivity index (χ4v) is 3.54. The van der Waals surface area contributed by atoms with Gasteiger partial charge in [-0.25, -0.2) is 9.59 Å². The van der Waals surface area contributed by atoms with Gasteiger partial charge in [-0.2, -0.15) is 0 Å². The van der Waals surface area contributed by atoms with Gasteiger partial charge < -0.3 is 14.9 Å². The van der Waals surface area contributed by atoms with Crippen LogP contribution in [0.1, 0.15) is 69.5 Å². The third-order valence-corrected chi connectivity index (χ3v) is 4.95. The van der Waals surface area contributed by atoms with Crippen molar-refractivity contribution in [3.05, 3.63) is 58.1 Å². The first kappa shape index (κ1) is 19.1. The molecule has 2 aromatic rings. The van der Waals surface area contributed by atoms with E-state index in [-0.39, 0.29) is 16.7 Å². The van der Waals surface area contributed by atoms with Crippen LogP contribution < -0.4 is 0 Å². The molecule has 1 saturated carbocycles. The van der Waals surface area contributed by atoms with E-state index >= 15 is 0 Å². The summed E-state index contributed by atoms with van der Waals surface area (Å²) in [6.45, 7) is 4.67. The second-order valence-corrected chi connectivity index (χ2v) is 6.99. The van der Waals surface area contributed by atoms with Crippen molar-refractivity contribution in [2.75, 3.05) is 6.61 Å². The van der Waals surface area contributed by atoms with Gasteiger partial charge in [-0.15, -0.1) is 0 Å². The maximum absolute atomic E-state index is 12.0. The van der Waals surface area contributed by atoms with E-state index in [0.717, 1.165) is 30.4 Å². The maximum atomic E-state index is 12.0. The van der Waals surface area contributed by atoms with Gasteiger partial charge in [-0.1, -0.05) is 31.2 Å². The molecule has 1 aliphatic rings. The second-order valence-electron chi connectivity index (χ2n) is 6.99. The Morgan fingerprint density at radius 3 is 2.44 bits per heavy atom. The lowest BCUT2D eigenvalue weighted by molar-refractivity contribution is 0.0695. The molecule has 0 aliphatic heterocycles. The molecule has 1 aliphatic carbocycles. The quantitative estimate of drug-likeness (QED) is 0.650. The minimum Gasteiger partial charge on any atom is -0.478 e. The zero-order valence-corrected chi connectivity index (χ0v) is 15.6. The molecular formula is C22H24O5. The van der Waals surface area contributed by atoms with Crippen molar-refractivity contribution < 1.29 is 24.5 Å². The molecule has 3 rings (SSSR count). The highest BCUT2D eigenvalue weighted by Gasteiger charge is 2.30. The zero-order valence-electron chi connectivity index (χ0n) is 15.6. The number of hydrogen-bond acceptors (Lipinski definition) is 3. The minimum absolute atomic E-state index is 0.00249. The molecule has 0 bridgehead atoms.